The van der Waals surface area contributed by atoms with Crippen LogP contribution in [0.2, 0.25) is 0 Å². The molecule has 0 aromatic carbocycles. The Bertz CT molecular complexity index is 530. The van der Waals surface area contributed by atoms with E-state index in [0.717, 1.165) is 31.4 Å². The van der Waals surface area contributed by atoms with Gasteiger partial charge >= 0.3 is 6.03 Å². The monoisotopic (exact) mass is 390 g/mol. The predicted molar refractivity (Wildman–Crippen MR) is 110 cm³/mol. The molecule has 3 atom stereocenters. The fourth-order valence-electron chi connectivity index (χ4n) is 4.36. The van der Waals surface area contributed by atoms with Gasteiger partial charge in [-0.2, -0.15) is 11.8 Å². The summed E-state index contributed by atoms with van der Waals surface area (Å²) in [7, 11) is 0. The molecule has 1 saturated carbocycles. The van der Waals surface area contributed by atoms with E-state index in [1.165, 1.54) is 29.6 Å². The van der Waals surface area contributed by atoms with Crippen molar-refractivity contribution in [1.82, 2.24) is 16.0 Å². The van der Waals surface area contributed by atoms with Gasteiger partial charge in [0, 0.05) is 24.0 Å². The van der Waals surface area contributed by atoms with E-state index in [9.17, 15) is 9.59 Å². The fourth-order valence-corrected chi connectivity index (χ4v) is 5.90. The molecule has 6 heteroatoms. The Morgan fingerprint density at radius 3 is 2.48 bits per heavy atom. The van der Waals surface area contributed by atoms with E-state index in [4.69, 9.17) is 0 Å². The van der Waals surface area contributed by atoms with E-state index in [1.54, 1.807) is 0 Å². The molecule has 5 radical (unpaired) electrons. The van der Waals surface area contributed by atoms with Crippen molar-refractivity contribution in [3.05, 3.63) is 29.6 Å². The molecule has 1 aliphatic carbocycles. The third-order valence-corrected chi connectivity index (χ3v) is 7.88. The van der Waals surface area contributed by atoms with Crippen LogP contribution in [0.25, 0.3) is 0 Å². The number of thioether (sulfide) groups is 1. The van der Waals surface area contributed by atoms with Gasteiger partial charge in [-0.1, -0.05) is 34.1 Å². The molecule has 0 aromatic rings. The number of rotatable bonds is 8. The van der Waals surface area contributed by atoms with Crippen molar-refractivity contribution in [2.45, 2.75) is 77.1 Å². The molecule has 0 aromatic heterocycles. The zero-order valence-electron chi connectivity index (χ0n) is 16.9. The van der Waals surface area contributed by atoms with E-state index < -0.39 is 0 Å². The Morgan fingerprint density at radius 1 is 1.07 bits per heavy atom. The minimum atomic E-state index is -0.0321. The zero-order chi connectivity index (χ0) is 19.6. The fraction of sp³-hybridized carbons (Fsp3) is 0.667. The third-order valence-electron chi connectivity index (χ3n) is 6.37. The van der Waals surface area contributed by atoms with E-state index in [1.807, 2.05) is 11.8 Å². The van der Waals surface area contributed by atoms with Gasteiger partial charge in [0.25, 0.3) is 0 Å². The van der Waals surface area contributed by atoms with Gasteiger partial charge in [-0.05, 0) is 48.9 Å². The molecule has 0 bridgehead atoms. The maximum absolute atomic E-state index is 12.1. The first-order chi connectivity index (χ1) is 12.9. The summed E-state index contributed by atoms with van der Waals surface area (Å²) in [6, 6.07) is 0.515. The molecular weight excluding hydrogens is 358 g/mol. The molecule has 3 aliphatic rings. The van der Waals surface area contributed by atoms with Gasteiger partial charge in [-0.25, -0.2) is 4.79 Å². The molecule has 0 unspecified atom stereocenters. The molecule has 3 rings (SSSR count). The lowest BCUT2D eigenvalue weighted by Crippen LogP contribution is -2.36. The molecule has 3 N–H and O–H groups in total. The summed E-state index contributed by atoms with van der Waals surface area (Å²) in [6.45, 7) is 9.43. The number of amides is 3. The first-order valence-electron chi connectivity index (χ1n) is 10.1. The number of carbonyl (C=O) groups excluding carboxylic acids is 2. The van der Waals surface area contributed by atoms with Crippen LogP contribution in [-0.4, -0.2) is 41.6 Å². The topological polar surface area (TPSA) is 70.2 Å². The number of carbonyl (C=O) groups is 2. The average molecular weight is 391 g/mol. The van der Waals surface area contributed by atoms with Crippen LogP contribution in [0.4, 0.5) is 4.79 Å². The second kappa shape index (κ2) is 9.06. The van der Waals surface area contributed by atoms with Gasteiger partial charge in [-0.15, -0.1) is 0 Å². The molecule has 2 aliphatic heterocycles. The standard InChI is InChI=1S/C21H32N3O2S/c1-12-13(2)15(4)16(14(12)3)9-10-22-19(25)8-6-5-7-18-20-17(11-27-18)23-21(26)24-20/h17-18,20H,5-11H2,1-4H3,(H,22,25)(H2,23,24,26)/t17-,18-,20-/m0/s1. The van der Waals surface area contributed by atoms with Crippen LogP contribution >= 0.6 is 11.8 Å². The van der Waals surface area contributed by atoms with Crippen LogP contribution in [0.5, 0.6) is 0 Å². The predicted octanol–water partition coefficient (Wildman–Crippen LogP) is 3.18. The van der Waals surface area contributed by atoms with Crippen molar-refractivity contribution in [2.75, 3.05) is 12.3 Å². The lowest BCUT2D eigenvalue weighted by Gasteiger charge is -2.19. The van der Waals surface area contributed by atoms with E-state index in [2.05, 4.69) is 43.6 Å². The first-order valence-corrected chi connectivity index (χ1v) is 11.1. The molecule has 0 spiro atoms. The Labute approximate surface area is 168 Å². The summed E-state index contributed by atoms with van der Waals surface area (Å²) < 4.78 is 0. The van der Waals surface area contributed by atoms with Crippen LogP contribution in [0, 0.1) is 29.6 Å². The number of fused-ring (bicyclic) bond motifs is 1. The van der Waals surface area contributed by atoms with Gasteiger partial charge in [0.1, 0.15) is 0 Å². The third kappa shape index (κ3) is 4.75. The van der Waals surface area contributed by atoms with Crippen LogP contribution in [0.3, 0.4) is 0 Å². The average Bonchev–Trinajstić information content (AvgIpc) is 3.23. The smallest absolute Gasteiger partial charge is 0.315 e. The highest BCUT2D eigenvalue weighted by Gasteiger charge is 2.43. The van der Waals surface area contributed by atoms with Gasteiger partial charge in [0.15, 0.2) is 0 Å². The van der Waals surface area contributed by atoms with Gasteiger partial charge in [0.2, 0.25) is 5.91 Å². The van der Waals surface area contributed by atoms with Crippen LogP contribution in [-0.2, 0) is 4.79 Å². The van der Waals surface area contributed by atoms with Crippen LogP contribution < -0.4 is 16.0 Å². The minimum absolute atomic E-state index is 0.0321. The van der Waals surface area contributed by atoms with E-state index in [-0.39, 0.29) is 24.0 Å². The number of nitrogens with one attached hydrogen (secondary N) is 3. The van der Waals surface area contributed by atoms with E-state index >= 15 is 0 Å². The number of hydrogen-bond acceptors (Lipinski definition) is 3. The maximum atomic E-state index is 12.1. The first kappa shape index (κ1) is 20.8. The molecule has 2 saturated heterocycles. The number of unbranched alkanes of at least 4 members (excludes halogenated alkanes) is 1. The Balaban J connectivity index is 1.27. The lowest BCUT2D eigenvalue weighted by molar-refractivity contribution is -0.121. The van der Waals surface area contributed by atoms with Gasteiger partial charge in [-0.3, -0.25) is 4.79 Å². The highest BCUT2D eigenvalue weighted by molar-refractivity contribution is 8.00. The molecular formula is C21H32N3O2S. The Morgan fingerprint density at radius 2 is 1.78 bits per heavy atom. The van der Waals surface area contributed by atoms with Gasteiger partial charge < -0.3 is 16.0 Å². The number of hydrogen-bond donors (Lipinski definition) is 3. The second-order valence-electron chi connectivity index (χ2n) is 7.95. The lowest BCUT2D eigenvalue weighted by atomic mass is 9.86. The summed E-state index contributed by atoms with van der Waals surface area (Å²) in [6.07, 6.45) is 4.50. The Kier molecular flexibility index (Phi) is 6.98. The van der Waals surface area contributed by atoms with Crippen molar-refractivity contribution in [1.29, 1.82) is 0 Å². The zero-order valence-corrected chi connectivity index (χ0v) is 17.7. The number of urea groups is 1. The molecule has 3 fully saturated rings. The normalized spacial score (nSPS) is 30.5. The van der Waals surface area contributed by atoms with Crippen molar-refractivity contribution in [3.63, 3.8) is 0 Å². The van der Waals surface area contributed by atoms with Crippen LogP contribution in [0.15, 0.2) is 0 Å². The summed E-state index contributed by atoms with van der Waals surface area (Å²) in [5.74, 6) is 8.06. The SMILES string of the molecule is C[C]1[C](C)[C](C)[C](CCNC(=O)CCCC[C@@H]2SC[C@@H]3NC(=O)N[C@@H]32)[C]1C. The molecule has 2 heterocycles. The second-order valence-corrected chi connectivity index (χ2v) is 9.22. The van der Waals surface area contributed by atoms with Crippen molar-refractivity contribution >= 4 is 23.7 Å². The van der Waals surface area contributed by atoms with Crippen LogP contribution in [0.1, 0.15) is 59.8 Å². The van der Waals surface area contributed by atoms with Crippen molar-refractivity contribution in [2.24, 2.45) is 0 Å². The maximum Gasteiger partial charge on any atom is 0.315 e. The molecule has 27 heavy (non-hydrogen) atoms. The van der Waals surface area contributed by atoms with Crippen molar-refractivity contribution < 1.29 is 9.59 Å². The van der Waals surface area contributed by atoms with Gasteiger partial charge in [0.05, 0.1) is 12.1 Å². The summed E-state index contributed by atoms with van der Waals surface area (Å²) in [5, 5.41) is 9.55. The van der Waals surface area contributed by atoms with E-state index in [0.29, 0.717) is 18.2 Å². The highest BCUT2D eigenvalue weighted by Crippen LogP contribution is 2.53. The Hall–Kier alpha value is -0.910. The highest BCUT2D eigenvalue weighted by atomic mass is 32.2. The molecule has 3 amide bonds. The summed E-state index contributed by atoms with van der Waals surface area (Å²) in [5.41, 5.74) is 0. The quantitative estimate of drug-likeness (QED) is 0.440. The largest absolute Gasteiger partial charge is 0.356 e. The minimum Gasteiger partial charge on any atom is -0.356 e. The summed E-state index contributed by atoms with van der Waals surface area (Å²) >= 11 is 1.93. The summed E-state index contributed by atoms with van der Waals surface area (Å²) in [4.78, 5) is 23.5. The molecule has 5 nitrogen and oxygen atoms in total. The molecule has 149 valence electrons. The van der Waals surface area contributed by atoms with Crippen molar-refractivity contribution in [3.8, 4) is 0 Å².